The fraction of sp³-hybridized carbons (Fsp3) is 0.449. The molecule has 4 aromatic carbocycles. The molecule has 8 rings (SSSR count). The van der Waals surface area contributed by atoms with Crippen LogP contribution in [0.5, 0.6) is 11.5 Å². The summed E-state index contributed by atoms with van der Waals surface area (Å²) in [6, 6.07) is 32.1. The first-order chi connectivity index (χ1) is 45.9. The zero-order valence-corrected chi connectivity index (χ0v) is 61.5. The molecule has 0 spiro atoms. The molecular weight excluding hydrogens is 1320 g/mol. The average molecular weight is 1410 g/mol. The third-order valence-electron chi connectivity index (χ3n) is 14.7. The van der Waals surface area contributed by atoms with Crippen LogP contribution in [0.4, 0.5) is 49.3 Å². The number of rotatable bonds is 27. The largest absolute Gasteiger partial charge is 1.00 e. The van der Waals surface area contributed by atoms with Crippen molar-refractivity contribution in [2.24, 2.45) is 0 Å². The summed E-state index contributed by atoms with van der Waals surface area (Å²) in [5.74, 6) is 1.77. The number of hydrogen-bond acceptors (Lipinski definition) is 21. The number of aromatic nitrogens is 4. The molecule has 2 aromatic heterocycles. The first-order valence-corrected chi connectivity index (χ1v) is 33.3. The fourth-order valence-electron chi connectivity index (χ4n) is 9.92. The minimum atomic E-state index is -1.11. The van der Waals surface area contributed by atoms with Crippen molar-refractivity contribution >= 4 is 106 Å². The zero-order chi connectivity index (χ0) is 69.8. The molecule has 0 saturated carbocycles. The Morgan fingerprint density at radius 2 is 1.00 bits per heavy atom. The van der Waals surface area contributed by atoms with Gasteiger partial charge in [0.1, 0.15) is 40.5 Å². The number of esters is 2. The van der Waals surface area contributed by atoms with Crippen molar-refractivity contribution in [2.45, 2.75) is 149 Å². The standard InChI is InChI=1S/C34H43ClN6O5.C33H44N6O4.C2H2Cl2O3.Na.H/c1-6-39(7-2)32-36-22-28(41(31(35)43)23-25-13-9-8-10-14-25)29(38-32)37-27(30(42)46-34(3,4)5)21-24-15-17-26(18-16-24)45-33(44)40-19-11-12-20-40;1-6-38(7-2)31-35-23-28(34-22-25-13-9-8-10-14-25)29(37-31)36-27(30(40)43-33(3,4)5)21-24-15-17-26(18-16-24)42-32(41)39-19-11-12-20-39;3-2(4)7-6-1-5;;/h8-10,13-18,22,27H,6-7,11-12,19-21,23H2,1-5H3,(H,36,37,38);8-10,13-18,23,27,34H,6-7,11-12,19-22H2,1-5H3,(H,35,36,37);1-2H;;/q;;;+1;-1/t2*27-;;;/m00.../s1. The number of alkyl halides is 2. The molecule has 2 fully saturated rings. The Morgan fingerprint density at radius 3 is 1.39 bits per heavy atom. The van der Waals surface area contributed by atoms with Gasteiger partial charge in [-0.1, -0.05) is 108 Å². The van der Waals surface area contributed by atoms with Gasteiger partial charge in [-0.25, -0.2) is 29.1 Å². The van der Waals surface area contributed by atoms with Gasteiger partial charge < -0.3 is 55.9 Å². The topological polar surface area (TPSA) is 262 Å². The maximum Gasteiger partial charge on any atom is 1.00 e. The van der Waals surface area contributed by atoms with Crippen LogP contribution >= 0.6 is 34.8 Å². The van der Waals surface area contributed by atoms with Gasteiger partial charge in [-0.2, -0.15) is 9.97 Å². The van der Waals surface area contributed by atoms with E-state index in [0.717, 1.165) is 74.1 Å². The molecule has 0 radical (unpaired) electrons. The molecule has 0 unspecified atom stereocenters. The van der Waals surface area contributed by atoms with E-state index < -0.39 is 45.6 Å². The Hall–Kier alpha value is -7.71. The van der Waals surface area contributed by atoms with E-state index in [1.54, 1.807) is 79.4 Å². The van der Waals surface area contributed by atoms with Crippen molar-refractivity contribution in [1.29, 1.82) is 0 Å². The molecule has 2 saturated heterocycles. The first kappa shape index (κ1) is 80.0. The number of anilines is 6. The summed E-state index contributed by atoms with van der Waals surface area (Å²) in [7, 11) is 0. The normalized spacial score (nSPS) is 13.2. The van der Waals surface area contributed by atoms with Crippen LogP contribution in [-0.2, 0) is 59.6 Å². The van der Waals surface area contributed by atoms with Crippen LogP contribution in [0.1, 0.15) is 119 Å². The van der Waals surface area contributed by atoms with Crippen LogP contribution in [0.3, 0.4) is 0 Å². The fourth-order valence-corrected chi connectivity index (χ4v) is 10.2. The molecule has 3 amide bonds. The molecule has 24 nitrogen and oxygen atoms in total. The quantitative estimate of drug-likeness (QED) is 0.00633. The van der Waals surface area contributed by atoms with Crippen molar-refractivity contribution in [3.05, 3.63) is 144 Å². The molecule has 0 aliphatic carbocycles. The van der Waals surface area contributed by atoms with Gasteiger partial charge in [-0.15, -0.1) is 4.89 Å². The SMILES string of the molecule is CCN(CC)c1ncc(N(Cc2ccccc2)C(=O)Cl)c(N[C@@H](Cc2ccc(OC(=O)N3CCCC3)cc2)C(=O)OC(C)(C)C)n1.CCN(CC)c1ncc(NCc2ccccc2)c(N[C@@H](Cc2ccc(OC(=O)N3CCCC3)cc2)C(=O)OC(C)(C)C)n1.O=COOC(Cl)Cl.[H-].[Na+]. The molecule has 2 aliphatic heterocycles. The summed E-state index contributed by atoms with van der Waals surface area (Å²) < 4.78 is 22.7. The monoisotopic (exact) mass is 1410 g/mol. The molecule has 2 aliphatic rings. The van der Waals surface area contributed by atoms with Gasteiger partial charge in [-0.05, 0) is 153 Å². The number of halogens is 3. The number of hydrogen-bond donors (Lipinski definition) is 3. The van der Waals surface area contributed by atoms with Crippen molar-refractivity contribution in [2.75, 3.05) is 83.0 Å². The van der Waals surface area contributed by atoms with Crippen molar-refractivity contribution in [3.63, 3.8) is 0 Å². The Labute approximate surface area is 607 Å². The van der Waals surface area contributed by atoms with E-state index in [4.69, 9.17) is 63.7 Å². The van der Waals surface area contributed by atoms with E-state index in [1.165, 1.54) is 4.90 Å². The maximum atomic E-state index is 13.6. The molecular formula is C69H90Cl3N12NaO12. The third kappa shape index (κ3) is 27.3. The van der Waals surface area contributed by atoms with Crippen LogP contribution < -0.4 is 69.7 Å². The van der Waals surface area contributed by atoms with Gasteiger partial charge in [0.2, 0.25) is 11.9 Å². The Bertz CT molecular complexity index is 3420. The number of carbonyl (C=O) groups is 6. The third-order valence-corrected chi connectivity index (χ3v) is 15.0. The summed E-state index contributed by atoms with van der Waals surface area (Å²) in [6.45, 7) is 25.5. The van der Waals surface area contributed by atoms with Crippen LogP contribution in [0.25, 0.3) is 0 Å². The first-order valence-electron chi connectivity index (χ1n) is 32.1. The van der Waals surface area contributed by atoms with Gasteiger partial charge in [-0.3, -0.25) is 19.4 Å². The van der Waals surface area contributed by atoms with Crippen molar-refractivity contribution in [3.8, 4) is 11.5 Å². The second-order valence-electron chi connectivity index (χ2n) is 24.2. The zero-order valence-electron chi connectivity index (χ0n) is 58.2. The van der Waals surface area contributed by atoms with E-state index >= 15 is 0 Å². The minimum Gasteiger partial charge on any atom is -1.00 e. The Balaban J connectivity index is 0.000000373. The van der Waals surface area contributed by atoms with E-state index in [0.29, 0.717) is 79.7 Å². The number of carbonyl (C=O) groups excluding carboxylic acids is 6. The summed E-state index contributed by atoms with van der Waals surface area (Å²) in [5, 5.41) is 8.24. The van der Waals surface area contributed by atoms with Gasteiger partial charge in [0.05, 0.1) is 24.6 Å². The number of benzene rings is 4. The van der Waals surface area contributed by atoms with E-state index in [1.807, 2.05) is 112 Å². The van der Waals surface area contributed by atoms with E-state index in [2.05, 4.69) is 54.4 Å². The van der Waals surface area contributed by atoms with Gasteiger partial charge in [0.25, 0.3) is 5.02 Å². The summed E-state index contributed by atoms with van der Waals surface area (Å²) >= 11 is 16.0. The molecule has 28 heteroatoms. The van der Waals surface area contributed by atoms with Gasteiger partial charge in [0, 0.05) is 71.7 Å². The van der Waals surface area contributed by atoms with Gasteiger partial charge >= 0.3 is 65.5 Å². The van der Waals surface area contributed by atoms with Crippen LogP contribution in [0.15, 0.2) is 122 Å². The molecule has 0 bridgehead atoms. The van der Waals surface area contributed by atoms with Crippen molar-refractivity contribution in [1.82, 2.24) is 29.7 Å². The average Bonchev–Trinajstić information content (AvgIpc) is 0.946. The minimum absolute atomic E-state index is 0. The Morgan fingerprint density at radius 1 is 0.588 bits per heavy atom. The van der Waals surface area contributed by atoms with Crippen LogP contribution in [0, 0.1) is 0 Å². The molecule has 97 heavy (non-hydrogen) atoms. The molecule has 2 atom stereocenters. The van der Waals surface area contributed by atoms with Gasteiger partial charge in [0.15, 0.2) is 11.6 Å². The van der Waals surface area contributed by atoms with Crippen molar-refractivity contribution < 1.29 is 88.5 Å². The molecule has 3 N–H and O–H groups in total. The molecule has 4 heterocycles. The maximum absolute atomic E-state index is 13.6. The van der Waals surface area contributed by atoms with E-state index in [9.17, 15) is 28.8 Å². The van der Waals surface area contributed by atoms with Crippen LogP contribution in [0.2, 0.25) is 0 Å². The second kappa shape index (κ2) is 40.2. The summed E-state index contributed by atoms with van der Waals surface area (Å²) in [6.07, 6.45) is 7.09. The predicted octanol–water partition coefficient (Wildman–Crippen LogP) is 10.5. The number of nitrogens with one attached hydrogen (secondary N) is 3. The number of amides is 3. The van der Waals surface area contributed by atoms with Crippen LogP contribution in [-0.4, -0.2) is 146 Å². The number of ether oxygens (including phenoxy) is 4. The van der Waals surface area contributed by atoms with E-state index in [-0.39, 0.29) is 68.4 Å². The molecule has 520 valence electrons. The number of nitrogens with zero attached hydrogens (tertiary/aromatic N) is 9. The molecule has 6 aromatic rings. The number of likely N-dealkylation sites (tertiary alicyclic amines) is 2. The Kier molecular flexibility index (Phi) is 33.2. The smallest absolute Gasteiger partial charge is 1.00 e. The second-order valence-corrected chi connectivity index (χ2v) is 25.5. The predicted molar refractivity (Wildman–Crippen MR) is 374 cm³/mol. The summed E-state index contributed by atoms with van der Waals surface area (Å²) in [5.41, 5.74) is 3.20. The summed E-state index contributed by atoms with van der Waals surface area (Å²) in [4.78, 5) is 109.